The summed E-state index contributed by atoms with van der Waals surface area (Å²) in [4.78, 5) is 32.6. The molecule has 1 atom stereocenters. The Balaban J connectivity index is 2.79. The highest BCUT2D eigenvalue weighted by Crippen LogP contribution is 2.27. The number of hydrogen-bond acceptors (Lipinski definition) is 4. The number of carboxylic acids is 1. The number of nitro benzene ring substituents is 1. The Kier molecular flexibility index (Phi) is 5.68. The van der Waals surface area contributed by atoms with Gasteiger partial charge in [0.2, 0.25) is 0 Å². The smallest absolute Gasteiger partial charge is 0.327 e. The maximum Gasteiger partial charge on any atom is 0.327 e. The second-order valence-corrected chi connectivity index (χ2v) is 4.68. The predicted molar refractivity (Wildman–Crippen MR) is 77.8 cm³/mol. The normalized spacial score (nSPS) is 11.0. The van der Waals surface area contributed by atoms with Crippen molar-refractivity contribution in [3.63, 3.8) is 0 Å². The van der Waals surface area contributed by atoms with Crippen molar-refractivity contribution >= 4 is 39.3 Å². The minimum atomic E-state index is -1.27. The van der Waals surface area contributed by atoms with E-state index in [1.54, 1.807) is 0 Å². The molecule has 1 aromatic rings. The summed E-state index contributed by atoms with van der Waals surface area (Å²) in [7, 11) is 0. The number of urea groups is 1. The third-order valence-electron chi connectivity index (χ3n) is 2.33. The van der Waals surface area contributed by atoms with Crippen molar-refractivity contribution in [3.8, 4) is 12.3 Å². The number of amides is 2. The summed E-state index contributed by atoms with van der Waals surface area (Å²) in [5, 5.41) is 24.1. The average molecular weight is 356 g/mol. The van der Waals surface area contributed by atoms with Gasteiger partial charge in [0.15, 0.2) is 0 Å². The number of nitrogens with zero attached hydrogens (tertiary/aromatic N) is 1. The van der Waals surface area contributed by atoms with Gasteiger partial charge in [0, 0.05) is 18.2 Å². The minimum absolute atomic E-state index is 0.146. The van der Waals surface area contributed by atoms with E-state index in [1.165, 1.54) is 12.1 Å². The molecule has 0 aromatic heterocycles. The number of benzene rings is 1. The van der Waals surface area contributed by atoms with Crippen LogP contribution in [0.1, 0.15) is 6.42 Å². The Labute approximate surface area is 127 Å². The number of hydrogen-bond donors (Lipinski definition) is 3. The van der Waals surface area contributed by atoms with E-state index in [0.29, 0.717) is 0 Å². The first-order valence-corrected chi connectivity index (χ1v) is 6.32. The van der Waals surface area contributed by atoms with Gasteiger partial charge >= 0.3 is 12.0 Å². The van der Waals surface area contributed by atoms with Gasteiger partial charge in [0.05, 0.1) is 9.40 Å². The molecule has 0 radical (unpaired) electrons. The maximum atomic E-state index is 11.6. The topological polar surface area (TPSA) is 122 Å². The summed E-state index contributed by atoms with van der Waals surface area (Å²) in [6, 6.07) is 1.90. The van der Waals surface area contributed by atoms with Crippen molar-refractivity contribution in [1.29, 1.82) is 0 Å². The number of halogens is 1. The largest absolute Gasteiger partial charge is 0.480 e. The molecule has 0 saturated heterocycles. The third kappa shape index (κ3) is 4.77. The zero-order valence-corrected chi connectivity index (χ0v) is 12.1. The maximum absolute atomic E-state index is 11.6. The van der Waals surface area contributed by atoms with Crippen LogP contribution in [0.2, 0.25) is 0 Å². The van der Waals surface area contributed by atoms with Gasteiger partial charge in [-0.05, 0) is 28.1 Å². The van der Waals surface area contributed by atoms with Crippen LogP contribution in [0, 0.1) is 22.5 Å². The summed E-state index contributed by atoms with van der Waals surface area (Å²) >= 11 is 3.01. The van der Waals surface area contributed by atoms with Gasteiger partial charge in [-0.1, -0.05) is 0 Å². The molecule has 9 heteroatoms. The zero-order valence-electron chi connectivity index (χ0n) is 10.5. The van der Waals surface area contributed by atoms with E-state index in [2.05, 4.69) is 32.5 Å². The fourth-order valence-corrected chi connectivity index (χ4v) is 1.77. The minimum Gasteiger partial charge on any atom is -0.480 e. The first-order chi connectivity index (χ1) is 9.85. The molecule has 1 aromatic carbocycles. The van der Waals surface area contributed by atoms with E-state index in [-0.39, 0.29) is 22.3 Å². The van der Waals surface area contributed by atoms with Gasteiger partial charge in [-0.2, -0.15) is 0 Å². The molecule has 2 amide bonds. The SMILES string of the molecule is C#CCC(NC(=O)Nc1ccc(Br)c([N+](=O)[O-])c1)C(=O)O. The average Bonchev–Trinajstić information content (AvgIpc) is 2.40. The van der Waals surface area contributed by atoms with Gasteiger partial charge in [-0.15, -0.1) is 12.3 Å². The molecule has 1 unspecified atom stereocenters. The molecule has 0 saturated carbocycles. The number of carbonyl (C=O) groups is 2. The Hall–Kier alpha value is -2.60. The predicted octanol–water partition coefficient (Wildman–Crippen LogP) is 1.96. The van der Waals surface area contributed by atoms with Crippen LogP contribution in [0.5, 0.6) is 0 Å². The highest BCUT2D eigenvalue weighted by Gasteiger charge is 2.19. The van der Waals surface area contributed by atoms with E-state index in [9.17, 15) is 19.7 Å². The van der Waals surface area contributed by atoms with E-state index in [4.69, 9.17) is 11.5 Å². The van der Waals surface area contributed by atoms with E-state index < -0.39 is 23.0 Å². The summed E-state index contributed by atoms with van der Waals surface area (Å²) in [6.07, 6.45) is 4.82. The summed E-state index contributed by atoms with van der Waals surface area (Å²) in [6.45, 7) is 0. The van der Waals surface area contributed by atoms with Gasteiger partial charge in [-0.25, -0.2) is 9.59 Å². The van der Waals surface area contributed by atoms with Gasteiger partial charge in [0.25, 0.3) is 5.69 Å². The monoisotopic (exact) mass is 355 g/mol. The molecule has 3 N–H and O–H groups in total. The van der Waals surface area contributed by atoms with Crippen molar-refractivity contribution in [2.45, 2.75) is 12.5 Å². The van der Waals surface area contributed by atoms with Crippen molar-refractivity contribution in [3.05, 3.63) is 32.8 Å². The van der Waals surface area contributed by atoms with Crippen molar-refractivity contribution in [1.82, 2.24) is 5.32 Å². The number of nitro groups is 1. The number of terminal acetylenes is 1. The third-order valence-corrected chi connectivity index (χ3v) is 3.00. The standard InChI is InChI=1S/C12H10BrN3O5/c1-2-3-9(11(17)18)15-12(19)14-7-4-5-8(13)10(6-7)16(20)21/h1,4-6,9H,3H2,(H,17,18)(H2,14,15,19). The molecule has 0 heterocycles. The van der Waals surface area contributed by atoms with Crippen LogP contribution in [0.15, 0.2) is 22.7 Å². The highest BCUT2D eigenvalue weighted by molar-refractivity contribution is 9.10. The molecule has 0 fully saturated rings. The number of nitrogens with one attached hydrogen (secondary N) is 2. The first-order valence-electron chi connectivity index (χ1n) is 5.53. The van der Waals surface area contributed by atoms with Crippen molar-refractivity contribution in [2.75, 3.05) is 5.32 Å². The van der Waals surface area contributed by atoms with Crippen LogP contribution in [-0.4, -0.2) is 28.1 Å². The quantitative estimate of drug-likeness (QED) is 0.423. The van der Waals surface area contributed by atoms with Crippen LogP contribution in [0.4, 0.5) is 16.2 Å². The lowest BCUT2D eigenvalue weighted by Gasteiger charge is -2.12. The number of carbonyl (C=O) groups excluding carboxylic acids is 1. The summed E-state index contributed by atoms with van der Waals surface area (Å²) < 4.78 is 0.259. The molecule has 0 aliphatic carbocycles. The van der Waals surface area contributed by atoms with E-state index in [1.807, 2.05) is 0 Å². The summed E-state index contributed by atoms with van der Waals surface area (Å²) in [5.74, 6) is 0.858. The molecule has 21 heavy (non-hydrogen) atoms. The lowest BCUT2D eigenvalue weighted by molar-refractivity contribution is -0.385. The molecule has 0 bridgehead atoms. The van der Waals surface area contributed by atoms with Crippen molar-refractivity contribution in [2.24, 2.45) is 0 Å². The van der Waals surface area contributed by atoms with Crippen LogP contribution in [0.3, 0.4) is 0 Å². The summed E-state index contributed by atoms with van der Waals surface area (Å²) in [5.41, 5.74) is -0.0848. The van der Waals surface area contributed by atoms with Crippen LogP contribution >= 0.6 is 15.9 Å². The molecular formula is C12H10BrN3O5. The van der Waals surface area contributed by atoms with Crippen LogP contribution in [-0.2, 0) is 4.79 Å². The van der Waals surface area contributed by atoms with E-state index in [0.717, 1.165) is 6.07 Å². The fourth-order valence-electron chi connectivity index (χ4n) is 1.37. The number of anilines is 1. The number of carboxylic acid groups (broad SMARTS) is 1. The van der Waals surface area contributed by atoms with Gasteiger partial charge in [-0.3, -0.25) is 10.1 Å². The Morgan fingerprint density at radius 1 is 1.52 bits per heavy atom. The number of rotatable bonds is 5. The van der Waals surface area contributed by atoms with E-state index >= 15 is 0 Å². The molecule has 0 spiro atoms. The van der Waals surface area contributed by atoms with Gasteiger partial charge in [0.1, 0.15) is 6.04 Å². The Morgan fingerprint density at radius 3 is 2.71 bits per heavy atom. The Bertz CT molecular complexity index is 626. The lowest BCUT2D eigenvalue weighted by atomic mass is 10.2. The fraction of sp³-hybridized carbons (Fsp3) is 0.167. The second-order valence-electron chi connectivity index (χ2n) is 3.82. The first kappa shape index (κ1) is 16.5. The lowest BCUT2D eigenvalue weighted by Crippen LogP contribution is -2.42. The molecular weight excluding hydrogens is 346 g/mol. The molecule has 1 rings (SSSR count). The highest BCUT2D eigenvalue weighted by atomic mass is 79.9. The van der Waals surface area contributed by atoms with Crippen molar-refractivity contribution < 1.29 is 19.6 Å². The van der Waals surface area contributed by atoms with Crippen LogP contribution in [0.25, 0.3) is 0 Å². The molecule has 110 valence electrons. The van der Waals surface area contributed by atoms with Gasteiger partial charge < -0.3 is 15.7 Å². The second kappa shape index (κ2) is 7.25. The molecule has 0 aliphatic heterocycles. The van der Waals surface area contributed by atoms with Crippen LogP contribution < -0.4 is 10.6 Å². The zero-order chi connectivity index (χ0) is 16.0. The Morgan fingerprint density at radius 2 is 2.19 bits per heavy atom. The molecule has 0 aliphatic rings. The number of aliphatic carboxylic acids is 1. The molecule has 8 nitrogen and oxygen atoms in total.